The van der Waals surface area contributed by atoms with Crippen LogP contribution in [0, 0.1) is 17.2 Å². The molecule has 0 aliphatic rings. The first-order chi connectivity index (χ1) is 8.04. The number of rotatable bonds is 5. The average Bonchev–Trinajstić information content (AvgIpc) is 2.28. The Morgan fingerprint density at radius 1 is 1.35 bits per heavy atom. The van der Waals surface area contributed by atoms with E-state index >= 15 is 0 Å². The molecule has 0 heterocycles. The molecule has 0 radical (unpaired) electrons. The Morgan fingerprint density at radius 2 is 2.06 bits per heavy atom. The molecule has 0 atom stereocenters. The molecule has 1 aromatic rings. The second-order valence-corrected chi connectivity index (χ2v) is 4.29. The van der Waals surface area contributed by atoms with Crippen molar-refractivity contribution in [1.82, 2.24) is 0 Å². The van der Waals surface area contributed by atoms with Gasteiger partial charge in [-0.15, -0.1) is 13.1 Å². The lowest BCUT2D eigenvalue weighted by molar-refractivity contribution is 0.151. The summed E-state index contributed by atoms with van der Waals surface area (Å²) in [6.45, 7) is 5.32. The van der Waals surface area contributed by atoms with Crippen molar-refractivity contribution in [3.8, 4) is 6.07 Å². The number of alkyl halides is 2. The van der Waals surface area contributed by atoms with Crippen LogP contribution in [0.1, 0.15) is 37.0 Å². The zero-order valence-electron chi connectivity index (χ0n) is 9.95. The van der Waals surface area contributed by atoms with E-state index in [1.807, 2.05) is 0 Å². The van der Waals surface area contributed by atoms with Gasteiger partial charge in [0.15, 0.2) is 0 Å². The minimum Gasteiger partial charge on any atom is -0.658 e. The van der Waals surface area contributed by atoms with Crippen molar-refractivity contribution in [2.75, 3.05) is 6.54 Å². The smallest absolute Gasteiger partial charge is 0.265 e. The molecule has 0 spiro atoms. The molecule has 92 valence electrons. The van der Waals surface area contributed by atoms with Gasteiger partial charge < -0.3 is 5.32 Å². The van der Waals surface area contributed by atoms with Gasteiger partial charge in [0.25, 0.3) is 6.43 Å². The van der Waals surface area contributed by atoms with Crippen molar-refractivity contribution in [3.63, 3.8) is 0 Å². The van der Waals surface area contributed by atoms with E-state index in [0.717, 1.165) is 12.1 Å². The monoisotopic (exact) mass is 237 g/mol. The van der Waals surface area contributed by atoms with Crippen LogP contribution in [0.25, 0.3) is 5.32 Å². The topological polar surface area (TPSA) is 37.9 Å². The molecule has 0 aliphatic carbocycles. The zero-order valence-corrected chi connectivity index (χ0v) is 9.95. The maximum Gasteiger partial charge on any atom is 0.265 e. The molecule has 0 aliphatic heterocycles. The van der Waals surface area contributed by atoms with Gasteiger partial charge in [0, 0.05) is 5.56 Å². The van der Waals surface area contributed by atoms with Gasteiger partial charge in [-0.1, -0.05) is 37.5 Å². The summed E-state index contributed by atoms with van der Waals surface area (Å²) in [6, 6.07) is 6.20. The molecule has 17 heavy (non-hydrogen) atoms. The number of halogens is 2. The lowest BCUT2D eigenvalue weighted by Gasteiger charge is -2.21. The fraction of sp³-hybridized carbons (Fsp3) is 0.462. The van der Waals surface area contributed by atoms with Crippen LogP contribution in [0.15, 0.2) is 18.2 Å². The van der Waals surface area contributed by atoms with E-state index in [1.165, 1.54) is 12.1 Å². The maximum atomic E-state index is 12.5. The van der Waals surface area contributed by atoms with Gasteiger partial charge in [-0.25, -0.2) is 8.78 Å². The standard InChI is InChI=1S/C13H15F2N2/c1-9(2)7-17-8-10-3-4-12(13(14)15)11(5-10)6-16/h3-5,9,13H,7-8H2,1-2H3/q-1. The van der Waals surface area contributed by atoms with Gasteiger partial charge in [0.1, 0.15) is 0 Å². The Hall–Kier alpha value is -1.47. The second-order valence-electron chi connectivity index (χ2n) is 4.29. The van der Waals surface area contributed by atoms with E-state index in [9.17, 15) is 8.78 Å². The largest absolute Gasteiger partial charge is 0.658 e. The van der Waals surface area contributed by atoms with Gasteiger partial charge in [0.2, 0.25) is 0 Å². The highest BCUT2D eigenvalue weighted by Crippen LogP contribution is 2.24. The second kappa shape index (κ2) is 6.31. The average molecular weight is 237 g/mol. The van der Waals surface area contributed by atoms with Crippen LogP contribution < -0.4 is 0 Å². The number of nitrogens with zero attached hydrogens (tertiary/aromatic N) is 2. The summed E-state index contributed by atoms with van der Waals surface area (Å²) in [4.78, 5) is 0. The molecule has 0 N–H and O–H groups in total. The van der Waals surface area contributed by atoms with Crippen molar-refractivity contribution in [2.45, 2.75) is 26.8 Å². The molecule has 0 saturated heterocycles. The predicted octanol–water partition coefficient (Wildman–Crippen LogP) is 4.03. The van der Waals surface area contributed by atoms with Crippen LogP contribution in [0.2, 0.25) is 0 Å². The molecular formula is C13H15F2N2-. The van der Waals surface area contributed by atoms with Crippen LogP contribution >= 0.6 is 0 Å². The van der Waals surface area contributed by atoms with E-state index in [-0.39, 0.29) is 11.1 Å². The van der Waals surface area contributed by atoms with Crippen LogP contribution in [0.3, 0.4) is 0 Å². The Balaban J connectivity index is 2.73. The van der Waals surface area contributed by atoms with Gasteiger partial charge >= 0.3 is 0 Å². The number of benzene rings is 1. The van der Waals surface area contributed by atoms with Crippen LogP contribution in [-0.4, -0.2) is 6.54 Å². The molecule has 2 nitrogen and oxygen atoms in total. The molecule has 1 rings (SSSR count). The van der Waals surface area contributed by atoms with Crippen LogP contribution in [0.4, 0.5) is 8.78 Å². The molecule has 1 aromatic carbocycles. The van der Waals surface area contributed by atoms with Gasteiger partial charge in [0.05, 0.1) is 11.6 Å². The summed E-state index contributed by atoms with van der Waals surface area (Å²) >= 11 is 0. The Bertz CT molecular complexity index is 408. The van der Waals surface area contributed by atoms with Gasteiger partial charge in [-0.05, 0) is 6.07 Å². The van der Waals surface area contributed by atoms with Crippen LogP contribution in [0.5, 0.6) is 0 Å². The van der Waals surface area contributed by atoms with E-state index in [4.69, 9.17) is 5.26 Å². The SMILES string of the molecule is CC(C)C[N-]Cc1ccc(C(F)F)c(C#N)c1. The third-order valence-electron chi connectivity index (χ3n) is 2.26. The fourth-order valence-corrected chi connectivity index (χ4v) is 1.44. The molecule has 0 aromatic heterocycles. The number of nitriles is 1. The van der Waals surface area contributed by atoms with E-state index in [0.29, 0.717) is 12.5 Å². The minimum absolute atomic E-state index is 0.0391. The summed E-state index contributed by atoms with van der Waals surface area (Å²) in [5.41, 5.74) is 0.629. The van der Waals surface area contributed by atoms with Crippen molar-refractivity contribution in [2.24, 2.45) is 5.92 Å². The van der Waals surface area contributed by atoms with Crippen molar-refractivity contribution < 1.29 is 8.78 Å². The van der Waals surface area contributed by atoms with Crippen molar-refractivity contribution >= 4 is 0 Å². The Labute approximate surface area is 100 Å². The molecule has 0 amide bonds. The van der Waals surface area contributed by atoms with Crippen molar-refractivity contribution in [3.05, 3.63) is 40.2 Å². The highest BCUT2D eigenvalue weighted by Gasteiger charge is 2.12. The Kier molecular flexibility index (Phi) is 5.05. The predicted molar refractivity (Wildman–Crippen MR) is 62.9 cm³/mol. The quantitative estimate of drug-likeness (QED) is 0.762. The van der Waals surface area contributed by atoms with Gasteiger partial charge in [-0.3, -0.25) is 0 Å². The highest BCUT2D eigenvalue weighted by atomic mass is 19.3. The first kappa shape index (κ1) is 13.6. The zero-order chi connectivity index (χ0) is 12.8. The first-order valence-electron chi connectivity index (χ1n) is 5.49. The number of hydrogen-bond acceptors (Lipinski definition) is 1. The van der Waals surface area contributed by atoms with Gasteiger partial charge in [-0.2, -0.15) is 5.26 Å². The molecule has 0 bridgehead atoms. The highest BCUT2D eigenvalue weighted by molar-refractivity contribution is 5.41. The molecule has 0 unspecified atom stereocenters. The first-order valence-corrected chi connectivity index (χ1v) is 5.49. The molecule has 0 saturated carbocycles. The van der Waals surface area contributed by atoms with E-state index < -0.39 is 6.43 Å². The minimum atomic E-state index is -2.61. The van der Waals surface area contributed by atoms with Crippen molar-refractivity contribution in [1.29, 1.82) is 5.26 Å². The van der Waals surface area contributed by atoms with E-state index in [1.54, 1.807) is 12.1 Å². The van der Waals surface area contributed by atoms with Crippen LogP contribution in [-0.2, 0) is 6.54 Å². The third-order valence-corrected chi connectivity index (χ3v) is 2.26. The number of hydrogen-bond donors (Lipinski definition) is 0. The fourth-order valence-electron chi connectivity index (χ4n) is 1.44. The molecular weight excluding hydrogens is 222 g/mol. The third kappa shape index (κ3) is 4.12. The summed E-state index contributed by atoms with van der Waals surface area (Å²) in [5, 5.41) is 13.1. The molecule has 0 fully saturated rings. The normalized spacial score (nSPS) is 10.9. The Morgan fingerprint density at radius 3 is 2.59 bits per heavy atom. The van der Waals surface area contributed by atoms with E-state index in [2.05, 4.69) is 19.2 Å². The maximum absolute atomic E-state index is 12.5. The lowest BCUT2D eigenvalue weighted by Crippen LogP contribution is -1.97. The lowest BCUT2D eigenvalue weighted by atomic mass is 10.0. The summed E-state index contributed by atoms with van der Waals surface area (Å²) in [7, 11) is 0. The summed E-state index contributed by atoms with van der Waals surface area (Å²) < 4.78 is 25.1. The molecule has 4 heteroatoms. The summed E-state index contributed by atoms with van der Waals surface area (Å²) in [5.74, 6) is 0.478. The summed E-state index contributed by atoms with van der Waals surface area (Å²) in [6.07, 6.45) is -2.61.